The van der Waals surface area contributed by atoms with Crippen molar-refractivity contribution >= 4 is 46.8 Å². The van der Waals surface area contributed by atoms with E-state index in [1.165, 1.54) is 11.1 Å². The molecule has 0 fully saturated rings. The Morgan fingerprint density at radius 3 is 2.48 bits per heavy atom. The van der Waals surface area contributed by atoms with E-state index in [2.05, 4.69) is 24.4 Å². The van der Waals surface area contributed by atoms with Gasteiger partial charge in [0.15, 0.2) is 0 Å². The summed E-state index contributed by atoms with van der Waals surface area (Å²) in [5, 5.41) is 3.67. The van der Waals surface area contributed by atoms with Gasteiger partial charge in [0.25, 0.3) is 0 Å². The van der Waals surface area contributed by atoms with Crippen molar-refractivity contribution in [3.8, 4) is 0 Å². The Bertz CT molecular complexity index is 860. The zero-order valence-electron chi connectivity index (χ0n) is 16.9. The van der Waals surface area contributed by atoms with Crippen LogP contribution in [0.3, 0.4) is 0 Å². The summed E-state index contributed by atoms with van der Waals surface area (Å²) in [6, 6.07) is 12.7. The fourth-order valence-corrected chi connectivity index (χ4v) is 4.48. The van der Waals surface area contributed by atoms with Gasteiger partial charge < -0.3 is 10.2 Å². The highest BCUT2D eigenvalue weighted by Gasteiger charge is 2.28. The lowest BCUT2D eigenvalue weighted by molar-refractivity contribution is -0.139. The van der Waals surface area contributed by atoms with Crippen LogP contribution in [0.1, 0.15) is 30.0 Å². The second-order valence-corrected chi connectivity index (χ2v) is 8.54. The minimum atomic E-state index is -0.557. The first-order valence-electron chi connectivity index (χ1n) is 9.44. The Morgan fingerprint density at radius 2 is 1.86 bits per heavy atom. The third-order valence-corrected chi connectivity index (χ3v) is 6.29. The van der Waals surface area contributed by atoms with Crippen molar-refractivity contribution in [2.75, 3.05) is 12.8 Å². The van der Waals surface area contributed by atoms with Gasteiger partial charge in [0.05, 0.1) is 5.75 Å². The van der Waals surface area contributed by atoms with Crippen LogP contribution in [0, 0.1) is 6.92 Å². The Hall–Kier alpha value is -1.69. The van der Waals surface area contributed by atoms with Crippen LogP contribution in [0.5, 0.6) is 0 Å². The number of carbonyl (C=O) groups excluding carboxylic acids is 2. The van der Waals surface area contributed by atoms with Crippen LogP contribution in [-0.2, 0) is 21.9 Å². The first-order chi connectivity index (χ1) is 13.9. The molecule has 2 aromatic rings. The maximum atomic E-state index is 13.1. The van der Waals surface area contributed by atoms with Gasteiger partial charge >= 0.3 is 0 Å². The second-order valence-electron chi connectivity index (χ2n) is 6.71. The fourth-order valence-electron chi connectivity index (χ4n) is 3.02. The zero-order chi connectivity index (χ0) is 21.4. The molecule has 29 heavy (non-hydrogen) atoms. The molecule has 0 aliphatic rings. The van der Waals surface area contributed by atoms with Gasteiger partial charge in [-0.1, -0.05) is 60.5 Å². The molecule has 0 saturated heterocycles. The lowest BCUT2D eigenvalue weighted by Gasteiger charge is -2.30. The number of nitrogens with one attached hydrogen (secondary N) is 1. The van der Waals surface area contributed by atoms with Crippen LogP contribution < -0.4 is 5.32 Å². The van der Waals surface area contributed by atoms with Gasteiger partial charge in [-0.3, -0.25) is 9.59 Å². The van der Waals surface area contributed by atoms with E-state index in [1.54, 1.807) is 41.9 Å². The van der Waals surface area contributed by atoms with E-state index >= 15 is 0 Å². The first-order valence-corrected chi connectivity index (χ1v) is 11.4. The Kier molecular flexibility index (Phi) is 9.34. The van der Waals surface area contributed by atoms with Crippen molar-refractivity contribution < 1.29 is 9.59 Å². The third-order valence-electron chi connectivity index (χ3n) is 4.73. The molecule has 1 atom stereocenters. The number of benzene rings is 2. The van der Waals surface area contributed by atoms with Crippen molar-refractivity contribution in [2.24, 2.45) is 0 Å². The van der Waals surface area contributed by atoms with Crippen molar-refractivity contribution in [1.29, 1.82) is 0 Å². The van der Waals surface area contributed by atoms with Crippen LogP contribution >= 0.6 is 35.0 Å². The molecular weight excluding hydrogens is 427 g/mol. The number of likely N-dealkylation sites (N-methyl/N-ethyl adjacent to an activating group) is 1. The van der Waals surface area contributed by atoms with Gasteiger partial charge in [-0.25, -0.2) is 0 Å². The van der Waals surface area contributed by atoms with Crippen LogP contribution in [0.2, 0.25) is 10.0 Å². The molecule has 2 aromatic carbocycles. The molecule has 0 aromatic heterocycles. The number of halogens is 2. The topological polar surface area (TPSA) is 49.4 Å². The molecule has 0 radical (unpaired) electrons. The number of carbonyl (C=O) groups is 2. The summed E-state index contributed by atoms with van der Waals surface area (Å²) in [5.74, 6) is 0.748. The van der Waals surface area contributed by atoms with Gasteiger partial charge in [0.1, 0.15) is 6.04 Å². The predicted molar refractivity (Wildman–Crippen MR) is 122 cm³/mol. The monoisotopic (exact) mass is 452 g/mol. The molecule has 156 valence electrons. The number of nitrogens with zero attached hydrogens (tertiary/aromatic N) is 1. The van der Waals surface area contributed by atoms with Gasteiger partial charge in [-0.15, -0.1) is 11.8 Å². The van der Waals surface area contributed by atoms with Crippen molar-refractivity contribution in [3.05, 3.63) is 69.2 Å². The molecule has 0 aliphatic heterocycles. The highest BCUT2D eigenvalue weighted by molar-refractivity contribution is 7.99. The molecule has 0 spiro atoms. The molecule has 0 unspecified atom stereocenters. The average Bonchev–Trinajstić information content (AvgIpc) is 2.70. The van der Waals surface area contributed by atoms with E-state index in [1.807, 2.05) is 19.1 Å². The predicted octanol–water partition coefficient (Wildman–Crippen LogP) is 5.09. The van der Waals surface area contributed by atoms with E-state index in [9.17, 15) is 9.59 Å². The number of hydrogen-bond acceptors (Lipinski definition) is 3. The van der Waals surface area contributed by atoms with E-state index < -0.39 is 6.04 Å². The van der Waals surface area contributed by atoms with Crippen LogP contribution in [0.4, 0.5) is 0 Å². The molecular formula is C22H26Cl2N2O2S. The van der Waals surface area contributed by atoms with E-state index in [-0.39, 0.29) is 24.1 Å². The maximum absolute atomic E-state index is 13.1. The highest BCUT2D eigenvalue weighted by Crippen LogP contribution is 2.24. The van der Waals surface area contributed by atoms with E-state index in [0.29, 0.717) is 16.5 Å². The molecule has 4 nitrogen and oxygen atoms in total. The standard InChI is InChI=1S/C22H26Cl2N2O2S/c1-4-20(22(28)25-3)26(12-16-9-10-18(23)11-19(16)24)21(27)14-29-13-17-8-6-5-7-15(17)2/h5-11,20H,4,12-14H2,1-3H3,(H,25,28)/t20-/m1/s1. The lowest BCUT2D eigenvalue weighted by Crippen LogP contribution is -2.48. The minimum absolute atomic E-state index is 0.0925. The van der Waals surface area contributed by atoms with Crippen LogP contribution in [0.25, 0.3) is 0 Å². The summed E-state index contributed by atoms with van der Waals surface area (Å²) in [6.45, 7) is 4.21. The summed E-state index contributed by atoms with van der Waals surface area (Å²) in [6.07, 6.45) is 0.513. The number of aryl methyl sites for hydroxylation is 1. The molecule has 2 rings (SSSR count). The number of rotatable bonds is 9. The van der Waals surface area contributed by atoms with Crippen LogP contribution in [-0.4, -0.2) is 35.6 Å². The normalized spacial score (nSPS) is 11.8. The van der Waals surface area contributed by atoms with Crippen molar-refractivity contribution in [2.45, 2.75) is 38.6 Å². The Morgan fingerprint density at radius 1 is 1.14 bits per heavy atom. The van der Waals surface area contributed by atoms with Crippen molar-refractivity contribution in [3.63, 3.8) is 0 Å². The molecule has 0 bridgehead atoms. The fraction of sp³-hybridized carbons (Fsp3) is 0.364. The van der Waals surface area contributed by atoms with Gasteiger partial charge in [0.2, 0.25) is 11.8 Å². The van der Waals surface area contributed by atoms with E-state index in [4.69, 9.17) is 23.2 Å². The molecule has 0 heterocycles. The zero-order valence-corrected chi connectivity index (χ0v) is 19.2. The molecule has 0 saturated carbocycles. The molecule has 1 N–H and O–H groups in total. The largest absolute Gasteiger partial charge is 0.357 e. The molecule has 2 amide bonds. The minimum Gasteiger partial charge on any atom is -0.357 e. The summed E-state index contributed by atoms with van der Waals surface area (Å²) < 4.78 is 0. The first kappa shape index (κ1) is 23.6. The van der Waals surface area contributed by atoms with Crippen molar-refractivity contribution in [1.82, 2.24) is 10.2 Å². The highest BCUT2D eigenvalue weighted by atomic mass is 35.5. The number of thioether (sulfide) groups is 1. The molecule has 0 aliphatic carbocycles. The molecule has 7 heteroatoms. The Balaban J connectivity index is 2.15. The third kappa shape index (κ3) is 6.66. The van der Waals surface area contributed by atoms with Crippen LogP contribution in [0.15, 0.2) is 42.5 Å². The number of amides is 2. The smallest absolute Gasteiger partial charge is 0.242 e. The van der Waals surface area contributed by atoms with E-state index in [0.717, 1.165) is 11.3 Å². The Labute approximate surface area is 187 Å². The van der Waals surface area contributed by atoms with Gasteiger partial charge in [0, 0.05) is 29.4 Å². The van der Waals surface area contributed by atoms with Gasteiger partial charge in [-0.2, -0.15) is 0 Å². The van der Waals surface area contributed by atoms with Gasteiger partial charge in [-0.05, 0) is 42.2 Å². The second kappa shape index (κ2) is 11.5. The summed E-state index contributed by atoms with van der Waals surface area (Å²) >= 11 is 13.8. The summed E-state index contributed by atoms with van der Waals surface area (Å²) in [7, 11) is 1.58. The summed E-state index contributed by atoms with van der Waals surface area (Å²) in [5.41, 5.74) is 3.17. The SMILES string of the molecule is CC[C@H](C(=O)NC)N(Cc1ccc(Cl)cc1Cl)C(=O)CSCc1ccccc1C. The average molecular weight is 453 g/mol. The maximum Gasteiger partial charge on any atom is 0.242 e. The quantitative estimate of drug-likeness (QED) is 0.576. The summed E-state index contributed by atoms with van der Waals surface area (Å²) in [4.78, 5) is 27.1. The lowest BCUT2D eigenvalue weighted by atomic mass is 10.1. The number of hydrogen-bond donors (Lipinski definition) is 1.